The molecule has 1 saturated heterocycles. The molecule has 29 heavy (non-hydrogen) atoms. The number of hydrogen-bond acceptors (Lipinski definition) is 4. The molecule has 160 valence electrons. The number of methoxy groups -OCH3 is 1. The first-order valence-corrected chi connectivity index (χ1v) is 11.0. The Hall–Kier alpha value is -2.08. The molecule has 1 aromatic carbocycles. The standard InChI is InChI=1S/C23H35N3O3/c1-4-24(5-2)23(28)21(18-8-6-7-9-18)25-14-16-26(17-15-25)22(27)19-10-12-20(29-3)13-11-19/h10-13,18,21H,4-9,14-17H2,1-3H3. The maximum atomic E-state index is 13.3. The lowest BCUT2D eigenvalue weighted by Gasteiger charge is -2.42. The number of ether oxygens (including phenoxy) is 1. The van der Waals surface area contributed by atoms with Crippen LogP contribution in [0.4, 0.5) is 0 Å². The molecule has 0 aromatic heterocycles. The zero-order valence-corrected chi connectivity index (χ0v) is 18.1. The molecular weight excluding hydrogens is 366 g/mol. The number of rotatable bonds is 7. The van der Waals surface area contributed by atoms with Gasteiger partial charge in [-0.2, -0.15) is 0 Å². The summed E-state index contributed by atoms with van der Waals surface area (Å²) in [6.07, 6.45) is 4.73. The summed E-state index contributed by atoms with van der Waals surface area (Å²) in [6.45, 7) is 8.48. The number of amides is 2. The van der Waals surface area contributed by atoms with Crippen LogP contribution in [0.15, 0.2) is 24.3 Å². The van der Waals surface area contributed by atoms with Gasteiger partial charge in [-0.25, -0.2) is 0 Å². The molecule has 0 bridgehead atoms. The number of carbonyl (C=O) groups is 2. The van der Waals surface area contributed by atoms with E-state index in [4.69, 9.17) is 4.74 Å². The van der Waals surface area contributed by atoms with Gasteiger partial charge in [0.05, 0.1) is 13.2 Å². The van der Waals surface area contributed by atoms with E-state index >= 15 is 0 Å². The first kappa shape index (κ1) is 21.6. The van der Waals surface area contributed by atoms with Crippen molar-refractivity contribution in [2.75, 3.05) is 46.4 Å². The Labute approximate surface area is 174 Å². The minimum absolute atomic E-state index is 0.0318. The maximum Gasteiger partial charge on any atom is 0.253 e. The predicted octanol–water partition coefficient (Wildman–Crippen LogP) is 2.88. The smallest absolute Gasteiger partial charge is 0.253 e. The lowest BCUT2D eigenvalue weighted by molar-refractivity contribution is -0.139. The van der Waals surface area contributed by atoms with Crippen LogP contribution in [0.25, 0.3) is 0 Å². The van der Waals surface area contributed by atoms with Crippen LogP contribution < -0.4 is 4.74 Å². The molecule has 2 amide bonds. The lowest BCUT2D eigenvalue weighted by atomic mass is 9.94. The van der Waals surface area contributed by atoms with Crippen molar-refractivity contribution >= 4 is 11.8 Å². The molecule has 0 spiro atoms. The Morgan fingerprint density at radius 3 is 2.14 bits per heavy atom. The fraction of sp³-hybridized carbons (Fsp3) is 0.652. The van der Waals surface area contributed by atoms with Crippen molar-refractivity contribution in [2.45, 2.75) is 45.6 Å². The van der Waals surface area contributed by atoms with Crippen molar-refractivity contribution in [3.8, 4) is 5.75 Å². The quantitative estimate of drug-likeness (QED) is 0.705. The van der Waals surface area contributed by atoms with Gasteiger partial charge in [0.2, 0.25) is 5.91 Å². The molecule has 0 N–H and O–H groups in total. The molecule has 2 fully saturated rings. The third-order valence-corrected chi connectivity index (χ3v) is 6.51. The number of hydrogen-bond donors (Lipinski definition) is 0. The highest BCUT2D eigenvalue weighted by Gasteiger charge is 2.38. The van der Waals surface area contributed by atoms with E-state index in [1.54, 1.807) is 7.11 Å². The fourth-order valence-electron chi connectivity index (χ4n) is 4.77. The minimum atomic E-state index is -0.0318. The van der Waals surface area contributed by atoms with Gasteiger partial charge in [-0.3, -0.25) is 14.5 Å². The Kier molecular flexibility index (Phi) is 7.53. The van der Waals surface area contributed by atoms with Crippen LogP contribution in [0.1, 0.15) is 49.9 Å². The second-order valence-electron chi connectivity index (χ2n) is 8.06. The van der Waals surface area contributed by atoms with Crippen LogP contribution in [-0.4, -0.2) is 78.9 Å². The monoisotopic (exact) mass is 401 g/mol. The van der Waals surface area contributed by atoms with Gasteiger partial charge in [0.1, 0.15) is 5.75 Å². The average molecular weight is 402 g/mol. The Morgan fingerprint density at radius 1 is 1.03 bits per heavy atom. The van der Waals surface area contributed by atoms with Crippen LogP contribution in [-0.2, 0) is 4.79 Å². The largest absolute Gasteiger partial charge is 0.497 e. The summed E-state index contributed by atoms with van der Waals surface area (Å²) in [5, 5.41) is 0. The van der Waals surface area contributed by atoms with Crippen molar-refractivity contribution in [1.82, 2.24) is 14.7 Å². The van der Waals surface area contributed by atoms with Crippen LogP contribution in [0, 0.1) is 5.92 Å². The summed E-state index contributed by atoms with van der Waals surface area (Å²) in [5.41, 5.74) is 0.686. The van der Waals surface area contributed by atoms with Gasteiger partial charge >= 0.3 is 0 Å². The SMILES string of the molecule is CCN(CC)C(=O)C(C1CCCC1)N1CCN(C(=O)c2ccc(OC)cc2)CC1. The summed E-state index contributed by atoms with van der Waals surface area (Å²) in [4.78, 5) is 32.4. The van der Waals surface area contributed by atoms with Crippen molar-refractivity contribution in [1.29, 1.82) is 0 Å². The summed E-state index contributed by atoms with van der Waals surface area (Å²) in [7, 11) is 1.62. The molecule has 1 atom stereocenters. The van der Waals surface area contributed by atoms with E-state index in [0.717, 1.165) is 44.8 Å². The van der Waals surface area contributed by atoms with E-state index in [-0.39, 0.29) is 17.9 Å². The van der Waals surface area contributed by atoms with E-state index < -0.39 is 0 Å². The second kappa shape index (κ2) is 10.1. The Morgan fingerprint density at radius 2 is 1.62 bits per heavy atom. The van der Waals surface area contributed by atoms with Crippen LogP contribution in [0.3, 0.4) is 0 Å². The summed E-state index contributed by atoms with van der Waals surface area (Å²) < 4.78 is 5.18. The number of benzene rings is 1. The number of nitrogens with zero attached hydrogens (tertiary/aromatic N) is 3. The third-order valence-electron chi connectivity index (χ3n) is 6.51. The zero-order valence-electron chi connectivity index (χ0n) is 18.1. The molecule has 2 aliphatic rings. The molecule has 1 aliphatic carbocycles. The first-order valence-electron chi connectivity index (χ1n) is 11.0. The zero-order chi connectivity index (χ0) is 20.8. The molecule has 1 aromatic rings. The van der Waals surface area contributed by atoms with Gasteiger partial charge in [0.15, 0.2) is 0 Å². The Bertz CT molecular complexity index is 673. The molecule has 0 radical (unpaired) electrons. The molecule has 1 aliphatic heterocycles. The van der Waals surface area contributed by atoms with Crippen molar-refractivity contribution in [3.05, 3.63) is 29.8 Å². The van der Waals surface area contributed by atoms with Gasteiger partial charge in [-0.05, 0) is 56.9 Å². The summed E-state index contributed by atoms with van der Waals surface area (Å²) in [5.74, 6) is 1.53. The molecule has 1 saturated carbocycles. The maximum absolute atomic E-state index is 13.3. The van der Waals surface area contributed by atoms with Gasteiger partial charge in [0.25, 0.3) is 5.91 Å². The molecule has 3 rings (SSSR count). The number of carbonyl (C=O) groups excluding carboxylic acids is 2. The van der Waals surface area contributed by atoms with E-state index in [2.05, 4.69) is 18.7 Å². The van der Waals surface area contributed by atoms with E-state index in [1.165, 1.54) is 12.8 Å². The first-order chi connectivity index (χ1) is 14.1. The van der Waals surface area contributed by atoms with E-state index in [1.807, 2.05) is 34.1 Å². The van der Waals surface area contributed by atoms with Crippen molar-refractivity contribution in [2.24, 2.45) is 5.92 Å². The van der Waals surface area contributed by atoms with Gasteiger partial charge in [-0.1, -0.05) is 12.8 Å². The van der Waals surface area contributed by atoms with Crippen molar-refractivity contribution in [3.63, 3.8) is 0 Å². The summed E-state index contributed by atoms with van der Waals surface area (Å²) >= 11 is 0. The molecular formula is C23H35N3O3. The number of piperazine rings is 1. The molecule has 1 unspecified atom stereocenters. The average Bonchev–Trinajstić information content (AvgIpc) is 3.29. The molecule has 6 nitrogen and oxygen atoms in total. The lowest BCUT2D eigenvalue weighted by Crippen LogP contribution is -2.58. The summed E-state index contributed by atoms with van der Waals surface area (Å²) in [6, 6.07) is 7.25. The van der Waals surface area contributed by atoms with Crippen molar-refractivity contribution < 1.29 is 14.3 Å². The number of likely N-dealkylation sites (N-methyl/N-ethyl adjacent to an activating group) is 1. The highest BCUT2D eigenvalue weighted by molar-refractivity contribution is 5.94. The highest BCUT2D eigenvalue weighted by atomic mass is 16.5. The molecule has 6 heteroatoms. The Balaban J connectivity index is 1.65. The van der Waals surface area contributed by atoms with Gasteiger partial charge in [-0.15, -0.1) is 0 Å². The fourth-order valence-corrected chi connectivity index (χ4v) is 4.77. The minimum Gasteiger partial charge on any atom is -0.497 e. The van der Waals surface area contributed by atoms with E-state index in [9.17, 15) is 9.59 Å². The van der Waals surface area contributed by atoms with Gasteiger partial charge in [0, 0.05) is 44.8 Å². The topological polar surface area (TPSA) is 53.1 Å². The van der Waals surface area contributed by atoms with Crippen LogP contribution in [0.2, 0.25) is 0 Å². The molecule has 1 heterocycles. The van der Waals surface area contributed by atoms with Gasteiger partial charge < -0.3 is 14.5 Å². The normalized spacial score (nSPS) is 19.2. The van der Waals surface area contributed by atoms with E-state index in [0.29, 0.717) is 24.6 Å². The van der Waals surface area contributed by atoms with Crippen LogP contribution >= 0.6 is 0 Å². The third kappa shape index (κ3) is 4.92. The predicted molar refractivity (Wildman–Crippen MR) is 114 cm³/mol. The second-order valence-corrected chi connectivity index (χ2v) is 8.06. The van der Waals surface area contributed by atoms with Crippen LogP contribution in [0.5, 0.6) is 5.75 Å². The highest BCUT2D eigenvalue weighted by Crippen LogP contribution is 2.32.